The van der Waals surface area contributed by atoms with Crippen LogP contribution in [-0.2, 0) is 10.3 Å². The number of ether oxygens (including phenoxy) is 1. The number of hydrogen-bond acceptors (Lipinski definition) is 3. The van der Waals surface area contributed by atoms with Gasteiger partial charge in [0, 0.05) is 32.6 Å². The molecule has 0 spiro atoms. The molecule has 0 bridgehead atoms. The Labute approximate surface area is 206 Å². The van der Waals surface area contributed by atoms with Gasteiger partial charge in [-0.3, -0.25) is 0 Å². The summed E-state index contributed by atoms with van der Waals surface area (Å²) in [6.45, 7) is -0.242. The van der Waals surface area contributed by atoms with Gasteiger partial charge >= 0.3 is 12.4 Å². The molecule has 3 rings (SSSR count). The molecule has 0 radical (unpaired) electrons. The molecule has 9 heteroatoms. The number of hydrogen-bond donors (Lipinski definition) is 0. The Balaban J connectivity index is 2.07. The minimum Gasteiger partial charge on any atom is -0.366 e. The van der Waals surface area contributed by atoms with Crippen LogP contribution >= 0.6 is 0 Å². The zero-order valence-electron chi connectivity index (χ0n) is 20.4. The van der Waals surface area contributed by atoms with E-state index < -0.39 is 31.0 Å². The first-order chi connectivity index (χ1) is 16.7. The average Bonchev–Trinajstić information content (AvgIpc) is 2.79. The lowest BCUT2D eigenvalue weighted by Gasteiger charge is -2.35. The molecule has 0 aliphatic heterocycles. The largest absolute Gasteiger partial charge is 0.405 e. The molecule has 0 aromatic heterocycles. The van der Waals surface area contributed by atoms with E-state index in [2.05, 4.69) is 0 Å². The second kappa shape index (κ2) is 10.4. The molecule has 0 N–H and O–H groups in total. The Morgan fingerprint density at radius 2 is 0.889 bits per heavy atom. The number of anilines is 2. The molecule has 0 saturated heterocycles. The fourth-order valence-electron chi connectivity index (χ4n) is 4.26. The van der Waals surface area contributed by atoms with Crippen LogP contribution in [0.15, 0.2) is 72.8 Å². The summed E-state index contributed by atoms with van der Waals surface area (Å²) in [4.78, 5) is 2.21. The smallest absolute Gasteiger partial charge is 0.366 e. The third kappa shape index (κ3) is 6.32. The first-order valence-corrected chi connectivity index (χ1v) is 11.1. The van der Waals surface area contributed by atoms with E-state index in [-0.39, 0.29) is 0 Å². The van der Waals surface area contributed by atoms with Crippen molar-refractivity contribution in [2.24, 2.45) is 0 Å². The summed E-state index contributed by atoms with van der Waals surface area (Å²) in [6, 6.07) is 20.8. The first-order valence-electron chi connectivity index (χ1n) is 11.1. The number of methoxy groups -OCH3 is 1. The van der Waals surface area contributed by atoms with Crippen LogP contribution in [0, 0.1) is 6.92 Å². The van der Waals surface area contributed by atoms with Gasteiger partial charge < -0.3 is 14.5 Å². The normalized spacial score (nSPS) is 12.5. The van der Waals surface area contributed by atoms with Crippen LogP contribution in [0.4, 0.5) is 37.7 Å². The van der Waals surface area contributed by atoms with E-state index in [0.717, 1.165) is 20.9 Å². The van der Waals surface area contributed by atoms with Gasteiger partial charge in [0.1, 0.15) is 18.7 Å². The highest BCUT2D eigenvalue weighted by Gasteiger charge is 2.37. The first kappa shape index (κ1) is 27.4. The molecule has 0 aliphatic rings. The van der Waals surface area contributed by atoms with Crippen LogP contribution in [-0.4, -0.2) is 46.6 Å². The van der Waals surface area contributed by atoms with Crippen LogP contribution < -0.4 is 9.80 Å². The van der Waals surface area contributed by atoms with Crippen molar-refractivity contribution in [3.05, 3.63) is 95.1 Å². The van der Waals surface area contributed by atoms with Crippen molar-refractivity contribution in [2.45, 2.75) is 24.9 Å². The van der Waals surface area contributed by atoms with Gasteiger partial charge in [-0.05, 0) is 47.9 Å². The number of alkyl halides is 6. The number of halogens is 6. The van der Waals surface area contributed by atoms with E-state index in [1.807, 2.05) is 31.2 Å². The Bertz CT molecular complexity index is 1060. The molecule has 0 saturated carbocycles. The van der Waals surface area contributed by atoms with E-state index in [4.69, 9.17) is 4.74 Å². The third-order valence-corrected chi connectivity index (χ3v) is 6.03. The predicted octanol–water partition coefficient (Wildman–Crippen LogP) is 6.93. The number of aryl methyl sites for hydroxylation is 1. The van der Waals surface area contributed by atoms with E-state index in [0.29, 0.717) is 22.5 Å². The fourth-order valence-corrected chi connectivity index (χ4v) is 4.26. The lowest BCUT2D eigenvalue weighted by molar-refractivity contribution is -0.120. The van der Waals surface area contributed by atoms with Crippen LogP contribution in [0.25, 0.3) is 0 Å². The van der Waals surface area contributed by atoms with Gasteiger partial charge in [-0.1, -0.05) is 54.1 Å². The number of rotatable bonds is 8. The molecule has 0 amide bonds. The van der Waals surface area contributed by atoms with E-state index in [9.17, 15) is 26.3 Å². The Morgan fingerprint density at radius 1 is 0.583 bits per heavy atom. The molecule has 3 aromatic rings. The summed E-state index contributed by atoms with van der Waals surface area (Å²) < 4.78 is 83.2. The van der Waals surface area contributed by atoms with E-state index in [1.165, 1.54) is 21.2 Å². The molecule has 194 valence electrons. The number of nitrogens with zero attached hydrogens (tertiary/aromatic N) is 2. The van der Waals surface area contributed by atoms with E-state index >= 15 is 0 Å². The van der Waals surface area contributed by atoms with Gasteiger partial charge in [0.05, 0.1) is 0 Å². The highest BCUT2D eigenvalue weighted by molar-refractivity contribution is 5.56. The number of benzene rings is 3. The van der Waals surface area contributed by atoms with Gasteiger partial charge in [-0.25, -0.2) is 0 Å². The monoisotopic (exact) mass is 510 g/mol. The van der Waals surface area contributed by atoms with Gasteiger partial charge in [-0.2, -0.15) is 26.3 Å². The SMILES string of the molecule is COC(c1ccc(C)cc1)(c1ccc(N(C)CC(F)(F)F)cc1)c1ccc(N(C)CC(F)(F)F)cc1. The van der Waals surface area contributed by atoms with Crippen molar-refractivity contribution in [3.8, 4) is 0 Å². The molecule has 0 aliphatic carbocycles. The average molecular weight is 511 g/mol. The standard InChI is InChI=1S/C27H28F6N2O/c1-19-5-7-20(8-6-19)27(36-4,21-9-13-23(14-10-21)34(2)17-25(28,29)30)22-11-15-24(16-12-22)35(3)18-26(31,32)33/h5-16H,17-18H2,1-4H3. The maximum Gasteiger partial charge on any atom is 0.405 e. The van der Waals surface area contributed by atoms with Gasteiger partial charge in [-0.15, -0.1) is 0 Å². The maximum atomic E-state index is 12.8. The Hall–Kier alpha value is -3.20. The van der Waals surface area contributed by atoms with Crippen molar-refractivity contribution in [1.29, 1.82) is 0 Å². The second-order valence-corrected chi connectivity index (χ2v) is 8.79. The van der Waals surface area contributed by atoms with Crippen LogP contribution in [0.1, 0.15) is 22.3 Å². The summed E-state index contributed by atoms with van der Waals surface area (Å²) >= 11 is 0. The molecule has 3 nitrogen and oxygen atoms in total. The molecule has 3 aromatic carbocycles. The van der Waals surface area contributed by atoms with Gasteiger partial charge in [0.25, 0.3) is 0 Å². The zero-order valence-corrected chi connectivity index (χ0v) is 20.4. The Morgan fingerprint density at radius 3 is 1.17 bits per heavy atom. The zero-order chi connectivity index (χ0) is 26.7. The molecular weight excluding hydrogens is 482 g/mol. The molecule has 0 atom stereocenters. The molecule has 0 fully saturated rings. The van der Waals surface area contributed by atoms with Crippen molar-refractivity contribution in [1.82, 2.24) is 0 Å². The molecule has 0 heterocycles. The van der Waals surface area contributed by atoms with Gasteiger partial charge in [0.2, 0.25) is 0 Å². The van der Waals surface area contributed by atoms with Crippen molar-refractivity contribution in [3.63, 3.8) is 0 Å². The summed E-state index contributed by atoms with van der Waals surface area (Å²) in [5.41, 5.74) is 2.74. The lowest BCUT2D eigenvalue weighted by atomic mass is 9.79. The van der Waals surface area contributed by atoms with Crippen LogP contribution in [0.2, 0.25) is 0 Å². The summed E-state index contributed by atoms with van der Waals surface area (Å²) in [5.74, 6) is 0. The van der Waals surface area contributed by atoms with Crippen LogP contribution in [0.3, 0.4) is 0 Å². The minimum absolute atomic E-state index is 0.383. The van der Waals surface area contributed by atoms with Gasteiger partial charge in [0.15, 0.2) is 0 Å². The molecule has 36 heavy (non-hydrogen) atoms. The van der Waals surface area contributed by atoms with Crippen molar-refractivity contribution in [2.75, 3.05) is 44.1 Å². The highest BCUT2D eigenvalue weighted by atomic mass is 19.4. The fraction of sp³-hybridized carbons (Fsp3) is 0.333. The quantitative estimate of drug-likeness (QED) is 0.241. The maximum absolute atomic E-state index is 12.8. The van der Waals surface area contributed by atoms with Crippen LogP contribution in [0.5, 0.6) is 0 Å². The Kier molecular flexibility index (Phi) is 7.93. The predicted molar refractivity (Wildman–Crippen MR) is 130 cm³/mol. The van der Waals surface area contributed by atoms with Crippen molar-refractivity contribution >= 4 is 11.4 Å². The van der Waals surface area contributed by atoms with E-state index in [1.54, 1.807) is 48.5 Å². The summed E-state index contributed by atoms with van der Waals surface area (Å²) in [5, 5.41) is 0. The summed E-state index contributed by atoms with van der Waals surface area (Å²) in [6.07, 6.45) is -8.68. The molecule has 0 unspecified atom stereocenters. The minimum atomic E-state index is -4.34. The third-order valence-electron chi connectivity index (χ3n) is 6.03. The topological polar surface area (TPSA) is 15.7 Å². The van der Waals surface area contributed by atoms with Crippen molar-refractivity contribution < 1.29 is 31.1 Å². The lowest BCUT2D eigenvalue weighted by Crippen LogP contribution is -2.33. The second-order valence-electron chi connectivity index (χ2n) is 8.79. The summed E-state index contributed by atoms with van der Waals surface area (Å²) in [7, 11) is 4.25. The molecular formula is C27H28F6N2O. The highest BCUT2D eigenvalue weighted by Crippen LogP contribution is 2.41.